The van der Waals surface area contributed by atoms with E-state index in [0.717, 1.165) is 24.0 Å². The Morgan fingerprint density at radius 1 is 1.19 bits per heavy atom. The van der Waals surface area contributed by atoms with Gasteiger partial charge >= 0.3 is 5.97 Å². The van der Waals surface area contributed by atoms with Crippen molar-refractivity contribution in [2.75, 3.05) is 7.11 Å². The fourth-order valence-electron chi connectivity index (χ4n) is 3.23. The van der Waals surface area contributed by atoms with Crippen LogP contribution in [0.3, 0.4) is 0 Å². The molecular weight excluding hydrogens is 262 g/mol. The summed E-state index contributed by atoms with van der Waals surface area (Å²) in [5, 5.41) is 3.55. The second-order valence-electron chi connectivity index (χ2n) is 6.17. The Labute approximate surface area is 128 Å². The summed E-state index contributed by atoms with van der Waals surface area (Å²) < 4.78 is 5.02. The van der Waals surface area contributed by atoms with Crippen LogP contribution in [0.4, 0.5) is 0 Å². The molecule has 1 N–H and O–H groups in total. The molecule has 0 aromatic heterocycles. The molecule has 1 aromatic carbocycles. The van der Waals surface area contributed by atoms with Crippen LogP contribution in [-0.4, -0.2) is 19.1 Å². The fraction of sp³-hybridized carbons (Fsp3) is 0.611. The maximum atomic E-state index is 12.2. The lowest BCUT2D eigenvalue weighted by Gasteiger charge is -2.25. The minimum absolute atomic E-state index is 0.189. The Morgan fingerprint density at radius 2 is 1.86 bits per heavy atom. The van der Waals surface area contributed by atoms with Crippen LogP contribution in [0.1, 0.15) is 61.3 Å². The van der Waals surface area contributed by atoms with Gasteiger partial charge in [0, 0.05) is 6.04 Å². The number of nitrogens with one attached hydrogen (secondary N) is 1. The molecule has 2 rings (SSSR count). The standard InChI is InChI=1S/C18H27NO2/c1-13-10-11-16(14(2)12-13)17(18(20)21-3)19-15-8-6-4-5-7-9-15/h10-12,15,17,19H,4-9H2,1-3H3. The van der Waals surface area contributed by atoms with Crippen LogP contribution in [0.15, 0.2) is 18.2 Å². The van der Waals surface area contributed by atoms with Crippen LogP contribution in [0.25, 0.3) is 0 Å². The maximum Gasteiger partial charge on any atom is 0.327 e. The third-order valence-electron chi connectivity index (χ3n) is 4.43. The zero-order valence-corrected chi connectivity index (χ0v) is 13.4. The third kappa shape index (κ3) is 4.31. The van der Waals surface area contributed by atoms with Crippen molar-refractivity contribution in [2.45, 2.75) is 64.5 Å². The van der Waals surface area contributed by atoms with Crippen molar-refractivity contribution in [1.29, 1.82) is 0 Å². The molecule has 0 bridgehead atoms. The van der Waals surface area contributed by atoms with Gasteiger partial charge in [0.25, 0.3) is 0 Å². The molecule has 1 atom stereocenters. The first-order valence-electron chi connectivity index (χ1n) is 8.03. The summed E-state index contributed by atoms with van der Waals surface area (Å²) in [6.45, 7) is 4.13. The highest BCUT2D eigenvalue weighted by Crippen LogP contribution is 2.24. The number of hydrogen-bond acceptors (Lipinski definition) is 3. The number of carbonyl (C=O) groups excluding carboxylic acids is 1. The van der Waals surface area contributed by atoms with E-state index in [1.54, 1.807) is 0 Å². The molecule has 1 saturated carbocycles. The first-order chi connectivity index (χ1) is 10.1. The molecule has 0 amide bonds. The highest BCUT2D eigenvalue weighted by atomic mass is 16.5. The summed E-state index contributed by atoms with van der Waals surface area (Å²) >= 11 is 0. The van der Waals surface area contributed by atoms with Gasteiger partial charge in [0.1, 0.15) is 6.04 Å². The molecule has 1 aliphatic carbocycles. The predicted octanol–water partition coefficient (Wildman–Crippen LogP) is 3.83. The van der Waals surface area contributed by atoms with Gasteiger partial charge in [-0.3, -0.25) is 5.32 Å². The smallest absolute Gasteiger partial charge is 0.327 e. The van der Waals surface area contributed by atoms with Crippen LogP contribution in [0, 0.1) is 13.8 Å². The Hall–Kier alpha value is -1.35. The highest BCUT2D eigenvalue weighted by Gasteiger charge is 2.26. The Morgan fingerprint density at radius 3 is 2.43 bits per heavy atom. The van der Waals surface area contributed by atoms with Crippen LogP contribution in [-0.2, 0) is 9.53 Å². The van der Waals surface area contributed by atoms with Crippen molar-refractivity contribution in [3.05, 3.63) is 34.9 Å². The summed E-state index contributed by atoms with van der Waals surface area (Å²) in [5.74, 6) is -0.189. The van der Waals surface area contributed by atoms with Crippen LogP contribution in [0.5, 0.6) is 0 Å². The number of hydrogen-bond donors (Lipinski definition) is 1. The summed E-state index contributed by atoms with van der Waals surface area (Å²) in [6, 6.07) is 6.30. The Balaban J connectivity index is 2.19. The molecule has 3 nitrogen and oxygen atoms in total. The summed E-state index contributed by atoms with van der Waals surface area (Å²) in [4.78, 5) is 12.2. The number of aryl methyl sites for hydroxylation is 2. The Bertz CT molecular complexity index is 476. The van der Waals surface area contributed by atoms with E-state index in [4.69, 9.17) is 4.74 Å². The Kier molecular flexibility index (Phi) is 5.80. The molecule has 0 radical (unpaired) electrons. The molecule has 0 heterocycles. The van der Waals surface area contributed by atoms with Gasteiger partial charge in [0.15, 0.2) is 0 Å². The summed E-state index contributed by atoms with van der Waals surface area (Å²) in [7, 11) is 1.47. The quantitative estimate of drug-likeness (QED) is 0.676. The van der Waals surface area contributed by atoms with Gasteiger partial charge in [-0.25, -0.2) is 4.79 Å². The second-order valence-corrected chi connectivity index (χ2v) is 6.17. The van der Waals surface area contributed by atoms with E-state index in [2.05, 4.69) is 37.4 Å². The number of esters is 1. The first-order valence-corrected chi connectivity index (χ1v) is 8.03. The minimum atomic E-state index is -0.348. The average Bonchev–Trinajstić information content (AvgIpc) is 2.73. The van der Waals surface area contributed by atoms with Crippen molar-refractivity contribution in [1.82, 2.24) is 5.32 Å². The van der Waals surface area contributed by atoms with Gasteiger partial charge in [0.2, 0.25) is 0 Å². The molecule has 21 heavy (non-hydrogen) atoms. The number of rotatable bonds is 4. The molecule has 0 spiro atoms. The molecule has 0 aliphatic heterocycles. The van der Waals surface area contributed by atoms with Gasteiger partial charge in [-0.1, -0.05) is 49.4 Å². The topological polar surface area (TPSA) is 38.3 Å². The van der Waals surface area contributed by atoms with Gasteiger partial charge < -0.3 is 4.74 Å². The van der Waals surface area contributed by atoms with Gasteiger partial charge in [0.05, 0.1) is 7.11 Å². The molecule has 1 fully saturated rings. The van der Waals surface area contributed by atoms with E-state index in [9.17, 15) is 4.79 Å². The van der Waals surface area contributed by atoms with Gasteiger partial charge in [-0.15, -0.1) is 0 Å². The highest BCUT2D eigenvalue weighted by molar-refractivity contribution is 5.78. The van der Waals surface area contributed by atoms with E-state index in [1.165, 1.54) is 38.4 Å². The molecule has 1 unspecified atom stereocenters. The van der Waals surface area contributed by atoms with Crippen LogP contribution >= 0.6 is 0 Å². The van der Waals surface area contributed by atoms with Crippen LogP contribution in [0.2, 0.25) is 0 Å². The number of ether oxygens (including phenoxy) is 1. The van der Waals surface area contributed by atoms with Gasteiger partial charge in [-0.05, 0) is 37.8 Å². The monoisotopic (exact) mass is 289 g/mol. The number of methoxy groups -OCH3 is 1. The predicted molar refractivity (Wildman–Crippen MR) is 85.3 cm³/mol. The average molecular weight is 289 g/mol. The zero-order valence-electron chi connectivity index (χ0n) is 13.4. The summed E-state index contributed by atoms with van der Waals surface area (Å²) in [5.41, 5.74) is 3.40. The molecule has 0 saturated heterocycles. The molecule has 1 aromatic rings. The van der Waals surface area contributed by atoms with Crippen molar-refractivity contribution >= 4 is 5.97 Å². The number of benzene rings is 1. The van der Waals surface area contributed by atoms with Crippen molar-refractivity contribution in [3.63, 3.8) is 0 Å². The van der Waals surface area contributed by atoms with Crippen LogP contribution < -0.4 is 5.32 Å². The normalized spacial score (nSPS) is 18.0. The molecule has 116 valence electrons. The maximum absolute atomic E-state index is 12.2. The first kappa shape index (κ1) is 16.0. The van der Waals surface area contributed by atoms with Crippen molar-refractivity contribution < 1.29 is 9.53 Å². The van der Waals surface area contributed by atoms with E-state index < -0.39 is 0 Å². The lowest BCUT2D eigenvalue weighted by Crippen LogP contribution is -2.37. The molecule has 1 aliphatic rings. The fourth-order valence-corrected chi connectivity index (χ4v) is 3.23. The van der Waals surface area contributed by atoms with Crippen molar-refractivity contribution in [2.24, 2.45) is 0 Å². The molecule has 3 heteroatoms. The van der Waals surface area contributed by atoms with E-state index in [-0.39, 0.29) is 12.0 Å². The second kappa shape index (κ2) is 7.60. The van der Waals surface area contributed by atoms with E-state index in [0.29, 0.717) is 6.04 Å². The van der Waals surface area contributed by atoms with E-state index in [1.807, 2.05) is 0 Å². The lowest BCUT2D eigenvalue weighted by molar-refractivity contribution is -0.143. The van der Waals surface area contributed by atoms with Crippen molar-refractivity contribution in [3.8, 4) is 0 Å². The lowest BCUT2D eigenvalue weighted by atomic mass is 9.97. The largest absolute Gasteiger partial charge is 0.468 e. The molecular formula is C18H27NO2. The number of carbonyl (C=O) groups is 1. The third-order valence-corrected chi connectivity index (χ3v) is 4.43. The summed E-state index contributed by atoms with van der Waals surface area (Å²) in [6.07, 6.45) is 7.42. The zero-order chi connectivity index (χ0) is 15.2. The SMILES string of the molecule is COC(=O)C(NC1CCCCCC1)c1ccc(C)cc1C. The minimum Gasteiger partial charge on any atom is -0.468 e. The van der Waals surface area contributed by atoms with Gasteiger partial charge in [-0.2, -0.15) is 0 Å². The van der Waals surface area contributed by atoms with E-state index >= 15 is 0 Å².